The molecule has 2 atom stereocenters. The third-order valence-electron chi connectivity index (χ3n) is 5.46. The van der Waals surface area contributed by atoms with Crippen LogP contribution < -0.4 is 11.1 Å². The molecule has 0 aromatic carbocycles. The summed E-state index contributed by atoms with van der Waals surface area (Å²) >= 11 is 0. The Morgan fingerprint density at radius 1 is 1.35 bits per heavy atom. The molecular weight excluding hydrogens is 250 g/mol. The number of likely N-dealkylation sites (tertiary alicyclic amines) is 1. The summed E-state index contributed by atoms with van der Waals surface area (Å²) in [6, 6.07) is 0.916. The first-order valence-corrected chi connectivity index (χ1v) is 8.24. The molecular formula is C16H31N3O. The highest BCUT2D eigenvalue weighted by molar-refractivity contribution is 5.77. The summed E-state index contributed by atoms with van der Waals surface area (Å²) < 4.78 is 0. The normalized spacial score (nSPS) is 30.9. The number of carbonyl (C=O) groups excluding carboxylic acids is 1. The van der Waals surface area contributed by atoms with Crippen molar-refractivity contribution in [3.8, 4) is 0 Å². The van der Waals surface area contributed by atoms with Gasteiger partial charge in [-0.15, -0.1) is 0 Å². The van der Waals surface area contributed by atoms with Crippen LogP contribution in [0.4, 0.5) is 0 Å². The van der Waals surface area contributed by atoms with Gasteiger partial charge in [0.2, 0.25) is 5.91 Å². The zero-order chi connectivity index (χ0) is 14.6. The summed E-state index contributed by atoms with van der Waals surface area (Å²) in [6.07, 6.45) is 8.78. The topological polar surface area (TPSA) is 58.4 Å². The van der Waals surface area contributed by atoms with E-state index in [2.05, 4.69) is 24.2 Å². The smallest absolute Gasteiger partial charge is 0.220 e. The number of hydrogen-bond acceptors (Lipinski definition) is 3. The molecule has 1 saturated carbocycles. The molecule has 0 radical (unpaired) electrons. The molecule has 116 valence electrons. The molecule has 20 heavy (non-hydrogen) atoms. The van der Waals surface area contributed by atoms with Gasteiger partial charge in [0.05, 0.1) is 0 Å². The van der Waals surface area contributed by atoms with Crippen LogP contribution in [0.15, 0.2) is 0 Å². The second-order valence-corrected chi connectivity index (χ2v) is 7.06. The molecule has 2 rings (SSSR count). The van der Waals surface area contributed by atoms with Crippen molar-refractivity contribution in [2.75, 3.05) is 20.1 Å². The molecule has 1 aliphatic carbocycles. The fourth-order valence-electron chi connectivity index (χ4n) is 3.79. The lowest BCUT2D eigenvalue weighted by atomic mass is 9.71. The van der Waals surface area contributed by atoms with E-state index in [-0.39, 0.29) is 11.3 Å². The van der Waals surface area contributed by atoms with Gasteiger partial charge in [0.25, 0.3) is 0 Å². The van der Waals surface area contributed by atoms with Crippen molar-refractivity contribution in [2.45, 2.75) is 70.4 Å². The van der Waals surface area contributed by atoms with Crippen LogP contribution in [0.3, 0.4) is 0 Å². The molecule has 1 saturated heterocycles. The minimum Gasteiger partial charge on any atom is -0.353 e. The van der Waals surface area contributed by atoms with Crippen LogP contribution in [0.1, 0.15) is 58.3 Å². The first kappa shape index (κ1) is 15.8. The van der Waals surface area contributed by atoms with Crippen LogP contribution in [0.25, 0.3) is 0 Å². The lowest BCUT2D eigenvalue weighted by Gasteiger charge is -2.38. The van der Waals surface area contributed by atoms with Gasteiger partial charge in [-0.05, 0) is 51.6 Å². The van der Waals surface area contributed by atoms with Crippen LogP contribution in [0.2, 0.25) is 0 Å². The van der Waals surface area contributed by atoms with Gasteiger partial charge in [0.1, 0.15) is 0 Å². The second-order valence-electron chi connectivity index (χ2n) is 7.06. The van der Waals surface area contributed by atoms with Crippen molar-refractivity contribution in [2.24, 2.45) is 11.1 Å². The standard InChI is InChI=1S/C16H31N3O/c1-13-10-14(6-9-19(13)2)18-15(20)11-16(12-17)7-4-3-5-8-16/h13-14H,3-12,17H2,1-2H3,(H,18,20). The van der Waals surface area contributed by atoms with Gasteiger partial charge >= 0.3 is 0 Å². The van der Waals surface area contributed by atoms with E-state index in [0.29, 0.717) is 25.0 Å². The molecule has 4 heteroatoms. The van der Waals surface area contributed by atoms with Crippen LogP contribution in [0, 0.1) is 5.41 Å². The van der Waals surface area contributed by atoms with Crippen molar-refractivity contribution in [1.82, 2.24) is 10.2 Å². The van der Waals surface area contributed by atoms with Crippen LogP contribution in [-0.4, -0.2) is 43.0 Å². The van der Waals surface area contributed by atoms with Gasteiger partial charge in [0, 0.05) is 25.0 Å². The van der Waals surface area contributed by atoms with E-state index in [1.807, 2.05) is 0 Å². The number of piperidine rings is 1. The van der Waals surface area contributed by atoms with Gasteiger partial charge in [-0.3, -0.25) is 4.79 Å². The molecule has 3 N–H and O–H groups in total. The fourth-order valence-corrected chi connectivity index (χ4v) is 3.79. The Bertz CT molecular complexity index is 326. The third kappa shape index (κ3) is 3.95. The number of carbonyl (C=O) groups is 1. The molecule has 1 heterocycles. The Morgan fingerprint density at radius 2 is 2.05 bits per heavy atom. The maximum absolute atomic E-state index is 12.4. The first-order valence-electron chi connectivity index (χ1n) is 8.24. The minimum absolute atomic E-state index is 0.0827. The second kappa shape index (κ2) is 6.90. The predicted molar refractivity (Wildman–Crippen MR) is 82.4 cm³/mol. The van der Waals surface area contributed by atoms with Crippen LogP contribution >= 0.6 is 0 Å². The van der Waals surface area contributed by atoms with Crippen LogP contribution in [0.5, 0.6) is 0 Å². The summed E-state index contributed by atoms with van der Waals surface area (Å²) in [5, 5.41) is 3.26. The first-order chi connectivity index (χ1) is 9.54. The fraction of sp³-hybridized carbons (Fsp3) is 0.938. The van der Waals surface area contributed by atoms with E-state index in [0.717, 1.165) is 32.2 Å². The lowest BCUT2D eigenvalue weighted by molar-refractivity contribution is -0.125. The Labute approximate surface area is 123 Å². The Kier molecular flexibility index (Phi) is 5.44. The van der Waals surface area contributed by atoms with Gasteiger partial charge in [-0.2, -0.15) is 0 Å². The molecule has 2 unspecified atom stereocenters. The lowest BCUT2D eigenvalue weighted by Crippen LogP contribution is -2.48. The van der Waals surface area contributed by atoms with Gasteiger partial charge in [-0.1, -0.05) is 19.3 Å². The van der Waals surface area contributed by atoms with E-state index in [4.69, 9.17) is 5.73 Å². The summed E-state index contributed by atoms with van der Waals surface area (Å²) in [5.74, 6) is 0.221. The number of hydrogen-bond donors (Lipinski definition) is 2. The average Bonchev–Trinajstić information content (AvgIpc) is 2.44. The van der Waals surface area contributed by atoms with Gasteiger partial charge in [-0.25, -0.2) is 0 Å². The highest BCUT2D eigenvalue weighted by Crippen LogP contribution is 2.38. The average molecular weight is 281 g/mol. The van der Waals surface area contributed by atoms with Gasteiger partial charge in [0.15, 0.2) is 0 Å². The van der Waals surface area contributed by atoms with E-state index in [9.17, 15) is 4.79 Å². The molecule has 0 bridgehead atoms. The SMILES string of the molecule is CC1CC(NC(=O)CC2(CN)CCCCC2)CCN1C. The maximum Gasteiger partial charge on any atom is 0.220 e. The largest absolute Gasteiger partial charge is 0.353 e. The highest BCUT2D eigenvalue weighted by atomic mass is 16.1. The summed E-state index contributed by atoms with van der Waals surface area (Å²) in [4.78, 5) is 14.7. The van der Waals surface area contributed by atoms with Crippen molar-refractivity contribution in [3.63, 3.8) is 0 Å². The summed E-state index contributed by atoms with van der Waals surface area (Å²) in [6.45, 7) is 3.97. The summed E-state index contributed by atoms with van der Waals surface area (Å²) in [7, 11) is 2.16. The molecule has 2 fully saturated rings. The van der Waals surface area contributed by atoms with E-state index < -0.39 is 0 Å². The van der Waals surface area contributed by atoms with E-state index >= 15 is 0 Å². The van der Waals surface area contributed by atoms with Crippen molar-refractivity contribution in [1.29, 1.82) is 0 Å². The predicted octanol–water partition coefficient (Wildman–Crippen LogP) is 1.88. The molecule has 1 amide bonds. The summed E-state index contributed by atoms with van der Waals surface area (Å²) in [5.41, 5.74) is 6.06. The zero-order valence-corrected chi connectivity index (χ0v) is 13.2. The molecule has 0 aromatic heterocycles. The van der Waals surface area contributed by atoms with Gasteiger partial charge < -0.3 is 16.0 Å². The van der Waals surface area contributed by atoms with Crippen molar-refractivity contribution in [3.05, 3.63) is 0 Å². The minimum atomic E-state index is 0.0827. The monoisotopic (exact) mass is 281 g/mol. The third-order valence-corrected chi connectivity index (χ3v) is 5.46. The van der Waals surface area contributed by atoms with E-state index in [1.165, 1.54) is 19.3 Å². The quantitative estimate of drug-likeness (QED) is 0.827. The van der Waals surface area contributed by atoms with E-state index in [1.54, 1.807) is 0 Å². The van der Waals surface area contributed by atoms with Crippen molar-refractivity contribution >= 4 is 5.91 Å². The Balaban J connectivity index is 1.82. The molecule has 2 aliphatic rings. The number of nitrogens with zero attached hydrogens (tertiary/aromatic N) is 1. The molecule has 0 aromatic rings. The van der Waals surface area contributed by atoms with Crippen molar-refractivity contribution < 1.29 is 4.79 Å². The highest BCUT2D eigenvalue weighted by Gasteiger charge is 2.34. The maximum atomic E-state index is 12.4. The number of rotatable bonds is 4. The molecule has 1 aliphatic heterocycles. The Morgan fingerprint density at radius 3 is 2.65 bits per heavy atom. The van der Waals surface area contributed by atoms with Crippen LogP contribution in [-0.2, 0) is 4.79 Å². The number of nitrogens with one attached hydrogen (secondary N) is 1. The zero-order valence-electron chi connectivity index (χ0n) is 13.2. The molecule has 4 nitrogen and oxygen atoms in total. The number of amides is 1. The molecule has 0 spiro atoms. The number of nitrogens with two attached hydrogens (primary N) is 1. The Hall–Kier alpha value is -0.610.